The van der Waals surface area contributed by atoms with Gasteiger partial charge in [-0.3, -0.25) is 4.79 Å². The molecule has 1 N–H and O–H groups in total. The monoisotopic (exact) mass is 446 g/mol. The molecule has 0 aliphatic carbocycles. The number of methoxy groups -OCH3 is 1. The third kappa shape index (κ3) is 6.22. The van der Waals surface area contributed by atoms with Gasteiger partial charge in [0.25, 0.3) is 0 Å². The van der Waals surface area contributed by atoms with E-state index in [-0.39, 0.29) is 18.6 Å². The Bertz CT molecular complexity index is 1080. The molecular formula is C26H26N2O3S. The Hall–Kier alpha value is -3.56. The molecule has 164 valence electrons. The van der Waals surface area contributed by atoms with Gasteiger partial charge in [0.2, 0.25) is 5.91 Å². The van der Waals surface area contributed by atoms with Crippen molar-refractivity contribution in [2.24, 2.45) is 0 Å². The number of benzene rings is 2. The molecule has 0 saturated carbocycles. The average Bonchev–Trinajstić information content (AvgIpc) is 3.35. The molecule has 1 amide bonds. The topological polar surface area (TPSA) is 71.3 Å². The molecule has 0 radical (unpaired) electrons. The summed E-state index contributed by atoms with van der Waals surface area (Å²) < 4.78 is 10.7. The van der Waals surface area contributed by atoms with Crippen molar-refractivity contribution in [3.8, 4) is 17.6 Å². The van der Waals surface area contributed by atoms with E-state index in [1.54, 1.807) is 29.5 Å². The van der Waals surface area contributed by atoms with Crippen LogP contribution < -0.4 is 14.8 Å². The number of hydrogen-bond donors (Lipinski definition) is 1. The molecule has 5 nitrogen and oxygen atoms in total. The summed E-state index contributed by atoms with van der Waals surface area (Å²) in [6, 6.07) is 19.5. The van der Waals surface area contributed by atoms with Gasteiger partial charge in [-0.2, -0.15) is 5.26 Å². The van der Waals surface area contributed by atoms with Crippen LogP contribution in [0.1, 0.15) is 41.0 Å². The second kappa shape index (κ2) is 11.7. The molecule has 32 heavy (non-hydrogen) atoms. The molecule has 1 heterocycles. The lowest BCUT2D eigenvalue weighted by Crippen LogP contribution is -2.27. The van der Waals surface area contributed by atoms with Crippen LogP contribution in [0, 0.1) is 11.3 Å². The summed E-state index contributed by atoms with van der Waals surface area (Å²) in [5.74, 6) is 0.802. The smallest absolute Gasteiger partial charge is 0.244 e. The molecule has 0 bridgehead atoms. The van der Waals surface area contributed by atoms with Gasteiger partial charge in [-0.05, 0) is 52.8 Å². The molecule has 1 atom stereocenters. The number of carbonyl (C=O) groups is 1. The second-order valence-electron chi connectivity index (χ2n) is 7.14. The highest BCUT2D eigenvalue weighted by Gasteiger charge is 2.17. The summed E-state index contributed by atoms with van der Waals surface area (Å²) in [6.07, 6.45) is 5.38. The van der Waals surface area contributed by atoms with Crippen LogP contribution in [-0.4, -0.2) is 19.6 Å². The summed E-state index contributed by atoms with van der Waals surface area (Å²) in [4.78, 5) is 13.8. The van der Waals surface area contributed by atoms with Gasteiger partial charge >= 0.3 is 0 Å². The predicted molar refractivity (Wildman–Crippen MR) is 128 cm³/mol. The van der Waals surface area contributed by atoms with Crippen LogP contribution in [-0.2, 0) is 11.2 Å². The predicted octanol–water partition coefficient (Wildman–Crippen LogP) is 5.53. The van der Waals surface area contributed by atoms with Crippen molar-refractivity contribution >= 4 is 23.3 Å². The van der Waals surface area contributed by atoms with Gasteiger partial charge in [-0.1, -0.05) is 49.7 Å². The third-order valence-electron chi connectivity index (χ3n) is 4.87. The zero-order chi connectivity index (χ0) is 22.8. The Morgan fingerprint density at radius 3 is 2.66 bits per heavy atom. The number of ether oxygens (including phenoxy) is 2. The quantitative estimate of drug-likeness (QED) is 0.416. The van der Waals surface area contributed by atoms with Gasteiger partial charge in [0.15, 0.2) is 18.1 Å². The first-order valence-corrected chi connectivity index (χ1v) is 11.3. The minimum Gasteiger partial charge on any atom is -0.493 e. The maximum atomic E-state index is 12.7. The standard InChI is InChI=1S/C26H26N2O3S/c1-3-5-19-7-11-21(12-8-19)26(24-6-4-17-32-24)28-25(29)14-10-20-9-13-22(31-16-15-27)23(18-20)30-2/h4,6-14,17-18,26H,3,5,16H2,1-2H3,(H,28,29)/b14-10+. The van der Waals surface area contributed by atoms with Gasteiger partial charge in [0, 0.05) is 11.0 Å². The molecule has 0 fully saturated rings. The summed E-state index contributed by atoms with van der Waals surface area (Å²) in [7, 11) is 1.53. The normalized spacial score (nSPS) is 11.7. The molecule has 6 heteroatoms. The highest BCUT2D eigenvalue weighted by molar-refractivity contribution is 7.10. The number of aryl methyl sites for hydroxylation is 1. The van der Waals surface area contributed by atoms with Gasteiger partial charge in [0.05, 0.1) is 13.2 Å². The van der Waals surface area contributed by atoms with E-state index in [0.29, 0.717) is 11.5 Å². The molecule has 2 aromatic carbocycles. The Morgan fingerprint density at radius 2 is 2.00 bits per heavy atom. The molecule has 0 spiro atoms. The summed E-state index contributed by atoms with van der Waals surface area (Å²) in [6.45, 7) is 2.11. The highest BCUT2D eigenvalue weighted by atomic mass is 32.1. The van der Waals surface area contributed by atoms with Gasteiger partial charge in [-0.25, -0.2) is 0 Å². The average molecular weight is 447 g/mol. The third-order valence-corrected chi connectivity index (χ3v) is 5.81. The SMILES string of the molecule is CCCc1ccc(C(NC(=O)/C=C/c2ccc(OCC#N)c(OC)c2)c2cccs2)cc1. The second-order valence-corrected chi connectivity index (χ2v) is 8.12. The van der Waals surface area contributed by atoms with E-state index in [2.05, 4.69) is 36.5 Å². The first-order chi connectivity index (χ1) is 15.6. The summed E-state index contributed by atoms with van der Waals surface area (Å²) in [5, 5.41) is 13.8. The van der Waals surface area contributed by atoms with Crippen molar-refractivity contribution in [1.82, 2.24) is 5.32 Å². The Labute approximate surface area is 192 Å². The van der Waals surface area contributed by atoms with Crippen molar-refractivity contribution < 1.29 is 14.3 Å². The van der Waals surface area contributed by atoms with Crippen LogP contribution in [0.3, 0.4) is 0 Å². The van der Waals surface area contributed by atoms with E-state index < -0.39 is 0 Å². The van der Waals surface area contributed by atoms with Gasteiger partial charge in [-0.15, -0.1) is 11.3 Å². The number of rotatable bonds is 10. The Balaban J connectivity index is 1.74. The van der Waals surface area contributed by atoms with Crippen LogP contribution in [0.2, 0.25) is 0 Å². The fourth-order valence-electron chi connectivity index (χ4n) is 3.32. The number of nitrogens with zero attached hydrogens (tertiary/aromatic N) is 1. The van der Waals surface area contributed by atoms with Crippen molar-refractivity contribution in [2.45, 2.75) is 25.8 Å². The van der Waals surface area contributed by atoms with Crippen molar-refractivity contribution in [3.63, 3.8) is 0 Å². The highest BCUT2D eigenvalue weighted by Crippen LogP contribution is 2.29. The zero-order valence-corrected chi connectivity index (χ0v) is 19.0. The molecule has 3 rings (SSSR count). The Morgan fingerprint density at radius 1 is 1.19 bits per heavy atom. The minimum absolute atomic E-state index is 0.0581. The lowest BCUT2D eigenvalue weighted by atomic mass is 10.0. The summed E-state index contributed by atoms with van der Waals surface area (Å²) >= 11 is 1.62. The summed E-state index contributed by atoms with van der Waals surface area (Å²) in [5.41, 5.74) is 3.14. The van der Waals surface area contributed by atoms with E-state index in [1.165, 1.54) is 18.7 Å². The van der Waals surface area contributed by atoms with Crippen molar-refractivity contribution in [1.29, 1.82) is 5.26 Å². The number of thiophene rings is 1. The van der Waals surface area contributed by atoms with Crippen LogP contribution in [0.4, 0.5) is 0 Å². The molecule has 1 aromatic heterocycles. The van der Waals surface area contributed by atoms with Gasteiger partial charge < -0.3 is 14.8 Å². The number of amides is 1. The molecule has 0 aliphatic rings. The maximum Gasteiger partial charge on any atom is 0.244 e. The number of carbonyl (C=O) groups excluding carboxylic acids is 1. The van der Waals surface area contributed by atoms with E-state index in [4.69, 9.17) is 14.7 Å². The molecule has 0 saturated heterocycles. The van der Waals surface area contributed by atoms with Crippen LogP contribution in [0.15, 0.2) is 66.1 Å². The lowest BCUT2D eigenvalue weighted by molar-refractivity contribution is -0.116. The zero-order valence-electron chi connectivity index (χ0n) is 18.2. The number of nitriles is 1. The van der Waals surface area contributed by atoms with Crippen LogP contribution in [0.5, 0.6) is 11.5 Å². The molecule has 0 aliphatic heterocycles. The first kappa shape index (κ1) is 23.1. The maximum absolute atomic E-state index is 12.7. The van der Waals surface area contributed by atoms with E-state index in [1.807, 2.05) is 29.6 Å². The van der Waals surface area contributed by atoms with E-state index >= 15 is 0 Å². The Kier molecular flexibility index (Phi) is 8.47. The van der Waals surface area contributed by atoms with Crippen molar-refractivity contribution in [3.05, 3.63) is 87.6 Å². The van der Waals surface area contributed by atoms with Crippen LogP contribution in [0.25, 0.3) is 6.08 Å². The van der Waals surface area contributed by atoms with Gasteiger partial charge in [0.1, 0.15) is 6.07 Å². The lowest BCUT2D eigenvalue weighted by Gasteiger charge is -2.17. The first-order valence-electron chi connectivity index (χ1n) is 10.4. The van der Waals surface area contributed by atoms with Crippen LogP contribution >= 0.6 is 11.3 Å². The fourth-order valence-corrected chi connectivity index (χ4v) is 4.12. The molecule has 3 aromatic rings. The minimum atomic E-state index is -0.209. The van der Waals surface area contributed by atoms with E-state index in [0.717, 1.165) is 28.8 Å². The fraction of sp³-hybridized carbons (Fsp3) is 0.231. The molecule has 1 unspecified atom stereocenters. The van der Waals surface area contributed by atoms with E-state index in [9.17, 15) is 4.79 Å². The molecular weight excluding hydrogens is 420 g/mol. The van der Waals surface area contributed by atoms with Crippen molar-refractivity contribution in [2.75, 3.05) is 13.7 Å². The number of nitrogens with one attached hydrogen (secondary N) is 1. The largest absolute Gasteiger partial charge is 0.493 e. The number of hydrogen-bond acceptors (Lipinski definition) is 5.